The number of amides is 2. The third-order valence-electron chi connectivity index (χ3n) is 5.49. The first-order chi connectivity index (χ1) is 12.3. The van der Waals surface area contributed by atoms with Gasteiger partial charge in [0.25, 0.3) is 0 Å². The summed E-state index contributed by atoms with van der Waals surface area (Å²) >= 11 is 0. The molecule has 2 amide bonds. The van der Waals surface area contributed by atoms with E-state index in [1.807, 2.05) is 13.0 Å². The number of fused-ring (bicyclic) bond motifs is 1. The molecular formula is C19H26N2O4S. The van der Waals surface area contributed by atoms with Crippen LogP contribution in [0.2, 0.25) is 0 Å². The van der Waals surface area contributed by atoms with E-state index < -0.39 is 27.7 Å². The first-order valence-electron chi connectivity index (χ1n) is 9.16. The van der Waals surface area contributed by atoms with E-state index in [2.05, 4.69) is 17.4 Å². The van der Waals surface area contributed by atoms with Crippen molar-refractivity contribution in [3.8, 4) is 0 Å². The monoisotopic (exact) mass is 378 g/mol. The topological polar surface area (TPSA) is 83.6 Å². The van der Waals surface area contributed by atoms with Crippen molar-refractivity contribution in [3.63, 3.8) is 0 Å². The average Bonchev–Trinajstić information content (AvgIpc) is 2.99. The van der Waals surface area contributed by atoms with Gasteiger partial charge >= 0.3 is 11.8 Å². The molecule has 0 spiro atoms. The summed E-state index contributed by atoms with van der Waals surface area (Å²) in [5.41, 5.74) is 3.68. The Kier molecular flexibility index (Phi) is 5.37. The number of rotatable bonds is 3. The van der Waals surface area contributed by atoms with Crippen LogP contribution >= 0.6 is 0 Å². The van der Waals surface area contributed by atoms with E-state index in [0.29, 0.717) is 6.42 Å². The van der Waals surface area contributed by atoms with Gasteiger partial charge in [-0.25, -0.2) is 8.42 Å². The molecule has 2 aliphatic rings. The van der Waals surface area contributed by atoms with E-state index in [-0.39, 0.29) is 17.5 Å². The predicted octanol–water partition coefficient (Wildman–Crippen LogP) is 1.39. The van der Waals surface area contributed by atoms with Crippen LogP contribution in [0.5, 0.6) is 0 Å². The number of likely N-dealkylation sites (N-methyl/N-ethyl adjacent to an activating group) is 1. The molecule has 1 aliphatic carbocycles. The van der Waals surface area contributed by atoms with Crippen LogP contribution in [0.4, 0.5) is 0 Å². The number of carbonyl (C=O) groups excluding carboxylic acids is 2. The van der Waals surface area contributed by atoms with Crippen LogP contribution in [-0.4, -0.2) is 49.7 Å². The molecule has 1 aromatic rings. The zero-order valence-corrected chi connectivity index (χ0v) is 16.1. The van der Waals surface area contributed by atoms with Crippen molar-refractivity contribution in [2.24, 2.45) is 0 Å². The zero-order valence-electron chi connectivity index (χ0n) is 15.3. The fraction of sp³-hybridized carbons (Fsp3) is 0.579. The van der Waals surface area contributed by atoms with Gasteiger partial charge in [0.05, 0.1) is 17.5 Å². The van der Waals surface area contributed by atoms with Crippen LogP contribution in [0.1, 0.15) is 48.9 Å². The lowest BCUT2D eigenvalue weighted by Gasteiger charge is -2.24. The lowest BCUT2D eigenvalue weighted by atomic mass is 9.89. The molecule has 1 N–H and O–H groups in total. The van der Waals surface area contributed by atoms with Crippen molar-refractivity contribution < 1.29 is 18.0 Å². The molecule has 0 radical (unpaired) electrons. The largest absolute Gasteiger partial charge is 0.341 e. The highest BCUT2D eigenvalue weighted by atomic mass is 32.2. The summed E-state index contributed by atoms with van der Waals surface area (Å²) in [7, 11) is -1.60. The lowest BCUT2D eigenvalue weighted by Crippen LogP contribution is -2.46. The quantitative estimate of drug-likeness (QED) is 0.806. The van der Waals surface area contributed by atoms with Gasteiger partial charge in [0, 0.05) is 13.1 Å². The number of benzene rings is 1. The molecule has 2 atom stereocenters. The highest BCUT2D eigenvalue weighted by Crippen LogP contribution is 2.25. The standard InChI is InChI=1S/C19H26N2O4S/c1-13(15-8-7-14-5-3-4-6-16(14)11-15)20-18(22)19(23)21(2)17-9-10-26(24,25)12-17/h7-8,11,13,17H,3-6,9-10,12H2,1-2H3,(H,20,22). The van der Waals surface area contributed by atoms with E-state index in [1.54, 1.807) is 0 Å². The average molecular weight is 378 g/mol. The fourth-order valence-electron chi connectivity index (χ4n) is 3.77. The van der Waals surface area contributed by atoms with Crippen molar-refractivity contribution in [1.82, 2.24) is 10.2 Å². The molecule has 0 bridgehead atoms. The van der Waals surface area contributed by atoms with Gasteiger partial charge < -0.3 is 10.2 Å². The molecule has 0 aromatic heterocycles. The van der Waals surface area contributed by atoms with E-state index in [9.17, 15) is 18.0 Å². The summed E-state index contributed by atoms with van der Waals surface area (Å²) in [5, 5.41) is 2.75. The molecular weight excluding hydrogens is 352 g/mol. The molecule has 3 rings (SSSR count). The second-order valence-electron chi connectivity index (χ2n) is 7.40. The number of aryl methyl sites for hydroxylation is 2. The first-order valence-corrected chi connectivity index (χ1v) is 11.0. The fourth-order valence-corrected chi connectivity index (χ4v) is 5.55. The Hall–Kier alpha value is -1.89. The minimum atomic E-state index is -3.10. The van der Waals surface area contributed by atoms with E-state index in [1.165, 1.54) is 35.9 Å². The van der Waals surface area contributed by atoms with Crippen LogP contribution in [0, 0.1) is 0 Å². The van der Waals surface area contributed by atoms with E-state index >= 15 is 0 Å². The van der Waals surface area contributed by atoms with Gasteiger partial charge in [-0.05, 0) is 55.7 Å². The smallest absolute Gasteiger partial charge is 0.311 e. The molecule has 0 saturated carbocycles. The maximum Gasteiger partial charge on any atom is 0.311 e. The summed E-state index contributed by atoms with van der Waals surface area (Å²) < 4.78 is 23.2. The van der Waals surface area contributed by atoms with Crippen LogP contribution in [0.25, 0.3) is 0 Å². The van der Waals surface area contributed by atoms with Crippen LogP contribution in [0.3, 0.4) is 0 Å². The Labute approximate surface area is 154 Å². The molecule has 1 aromatic carbocycles. The van der Waals surface area contributed by atoms with Crippen molar-refractivity contribution in [3.05, 3.63) is 34.9 Å². The summed E-state index contributed by atoms with van der Waals surface area (Å²) in [5.74, 6) is -1.37. The number of carbonyl (C=O) groups is 2. The van der Waals surface area contributed by atoms with Gasteiger partial charge in [0.2, 0.25) is 0 Å². The van der Waals surface area contributed by atoms with Crippen molar-refractivity contribution >= 4 is 21.7 Å². The number of sulfone groups is 1. The normalized spacial score (nSPS) is 22.3. The molecule has 1 heterocycles. The minimum Gasteiger partial charge on any atom is -0.341 e. The molecule has 1 aliphatic heterocycles. The van der Waals surface area contributed by atoms with Crippen LogP contribution in [-0.2, 0) is 32.3 Å². The Balaban J connectivity index is 1.62. The maximum absolute atomic E-state index is 12.4. The highest BCUT2D eigenvalue weighted by Gasteiger charge is 2.35. The molecule has 142 valence electrons. The Bertz CT molecular complexity index is 819. The number of nitrogens with one attached hydrogen (secondary N) is 1. The van der Waals surface area contributed by atoms with Crippen molar-refractivity contribution in [2.75, 3.05) is 18.6 Å². The van der Waals surface area contributed by atoms with Gasteiger partial charge in [0.1, 0.15) is 0 Å². The number of nitrogens with zero attached hydrogens (tertiary/aromatic N) is 1. The summed E-state index contributed by atoms with van der Waals surface area (Å²) in [6.07, 6.45) is 4.95. The van der Waals surface area contributed by atoms with E-state index in [4.69, 9.17) is 0 Å². The number of hydrogen-bond acceptors (Lipinski definition) is 4. The summed E-state index contributed by atoms with van der Waals surface area (Å²) in [6, 6.07) is 5.55. The molecule has 7 heteroatoms. The first kappa shape index (κ1) is 18.9. The second kappa shape index (κ2) is 7.39. The maximum atomic E-state index is 12.4. The summed E-state index contributed by atoms with van der Waals surface area (Å²) in [6.45, 7) is 1.86. The zero-order chi connectivity index (χ0) is 18.9. The molecule has 2 unspecified atom stereocenters. The minimum absolute atomic E-state index is 0.0666. The van der Waals surface area contributed by atoms with Gasteiger partial charge in [-0.1, -0.05) is 18.2 Å². The third kappa shape index (κ3) is 4.09. The Morgan fingerprint density at radius 1 is 1.19 bits per heavy atom. The van der Waals surface area contributed by atoms with Gasteiger partial charge in [0.15, 0.2) is 9.84 Å². The third-order valence-corrected chi connectivity index (χ3v) is 7.24. The Morgan fingerprint density at radius 3 is 2.54 bits per heavy atom. The van der Waals surface area contributed by atoms with Crippen LogP contribution < -0.4 is 5.32 Å². The summed E-state index contributed by atoms with van der Waals surface area (Å²) in [4.78, 5) is 25.9. The van der Waals surface area contributed by atoms with Gasteiger partial charge in [-0.2, -0.15) is 0 Å². The Morgan fingerprint density at radius 2 is 1.88 bits per heavy atom. The van der Waals surface area contributed by atoms with Crippen molar-refractivity contribution in [1.29, 1.82) is 0 Å². The second-order valence-corrected chi connectivity index (χ2v) is 9.63. The SMILES string of the molecule is CC(NC(=O)C(=O)N(C)C1CCS(=O)(=O)C1)c1ccc2c(c1)CCCC2. The highest BCUT2D eigenvalue weighted by molar-refractivity contribution is 7.91. The van der Waals surface area contributed by atoms with Gasteiger partial charge in [-0.3, -0.25) is 9.59 Å². The van der Waals surface area contributed by atoms with Crippen molar-refractivity contribution in [2.45, 2.75) is 51.1 Å². The van der Waals surface area contributed by atoms with Gasteiger partial charge in [-0.15, -0.1) is 0 Å². The van der Waals surface area contributed by atoms with Crippen LogP contribution in [0.15, 0.2) is 18.2 Å². The molecule has 26 heavy (non-hydrogen) atoms. The molecule has 1 fully saturated rings. The predicted molar refractivity (Wildman–Crippen MR) is 99.5 cm³/mol. The van der Waals surface area contributed by atoms with E-state index in [0.717, 1.165) is 18.4 Å². The lowest BCUT2D eigenvalue weighted by molar-refractivity contribution is -0.146. The molecule has 1 saturated heterocycles. The number of hydrogen-bond donors (Lipinski definition) is 1. The molecule has 6 nitrogen and oxygen atoms in total.